The van der Waals surface area contributed by atoms with Crippen molar-refractivity contribution in [1.82, 2.24) is 9.97 Å². The van der Waals surface area contributed by atoms with Gasteiger partial charge in [0.2, 0.25) is 5.91 Å². The number of rotatable bonds is 6. The van der Waals surface area contributed by atoms with E-state index in [9.17, 15) is 4.79 Å². The molecule has 5 nitrogen and oxygen atoms in total. The topological polar surface area (TPSA) is 64.1 Å². The van der Waals surface area contributed by atoms with Gasteiger partial charge in [-0.3, -0.25) is 4.79 Å². The maximum Gasteiger partial charge on any atom is 0.235 e. The number of carbonyl (C=O) groups excluding carboxylic acids is 1. The van der Waals surface area contributed by atoms with Gasteiger partial charge in [-0.25, -0.2) is 9.97 Å². The van der Waals surface area contributed by atoms with E-state index < -0.39 is 0 Å². The Morgan fingerprint density at radius 3 is 3.00 bits per heavy atom. The molecule has 8 heteroatoms. The van der Waals surface area contributed by atoms with E-state index in [2.05, 4.69) is 31.2 Å². The fourth-order valence-electron chi connectivity index (χ4n) is 1.96. The lowest BCUT2D eigenvalue weighted by Gasteiger charge is -2.02. The third-order valence-corrected chi connectivity index (χ3v) is 5.60. The number of nitrogens with one attached hydrogen (secondary N) is 1. The first-order valence-corrected chi connectivity index (χ1v) is 9.81. The Balaban J connectivity index is 1.60. The van der Waals surface area contributed by atoms with Crippen LogP contribution in [-0.4, -0.2) is 28.2 Å². The molecule has 3 aromatic rings. The number of halogens is 1. The molecule has 124 valence electrons. The molecule has 0 spiro atoms. The van der Waals surface area contributed by atoms with Crippen LogP contribution in [0.25, 0.3) is 10.2 Å². The van der Waals surface area contributed by atoms with Gasteiger partial charge in [-0.05, 0) is 53.2 Å². The molecule has 0 atom stereocenters. The van der Waals surface area contributed by atoms with E-state index in [4.69, 9.17) is 4.74 Å². The van der Waals surface area contributed by atoms with Crippen LogP contribution in [0.2, 0.25) is 0 Å². The minimum atomic E-state index is -0.107. The first-order chi connectivity index (χ1) is 11.6. The van der Waals surface area contributed by atoms with Crippen LogP contribution >= 0.6 is 39.0 Å². The zero-order chi connectivity index (χ0) is 16.9. The number of amides is 1. The Bertz CT molecular complexity index is 852. The zero-order valence-electron chi connectivity index (χ0n) is 12.8. The van der Waals surface area contributed by atoms with Crippen LogP contribution < -0.4 is 10.1 Å². The van der Waals surface area contributed by atoms with Crippen molar-refractivity contribution in [2.24, 2.45) is 0 Å². The highest BCUT2D eigenvalue weighted by Gasteiger charge is 2.09. The molecule has 1 aromatic carbocycles. The molecule has 2 aromatic heterocycles. The van der Waals surface area contributed by atoms with Gasteiger partial charge in [0.1, 0.15) is 11.6 Å². The quantitative estimate of drug-likeness (QED) is 0.587. The second-order valence-corrected chi connectivity index (χ2v) is 7.91. The van der Waals surface area contributed by atoms with Crippen LogP contribution in [0, 0.1) is 0 Å². The van der Waals surface area contributed by atoms with Crippen LogP contribution in [-0.2, 0) is 4.79 Å². The summed E-state index contributed by atoms with van der Waals surface area (Å²) in [4.78, 5) is 20.6. The maximum absolute atomic E-state index is 12.0. The van der Waals surface area contributed by atoms with Crippen molar-refractivity contribution < 1.29 is 9.53 Å². The number of anilines is 1. The van der Waals surface area contributed by atoms with Gasteiger partial charge in [0, 0.05) is 10.7 Å². The number of ether oxygens (including phenoxy) is 1. The normalized spacial score (nSPS) is 10.8. The Morgan fingerprint density at radius 2 is 2.25 bits per heavy atom. The number of carbonyl (C=O) groups is 1. The number of hydrogen-bond donors (Lipinski definition) is 1. The van der Waals surface area contributed by atoms with Crippen LogP contribution in [0.15, 0.2) is 45.3 Å². The Labute approximate surface area is 156 Å². The fourth-order valence-corrected chi connectivity index (χ4v) is 4.09. The van der Waals surface area contributed by atoms with Crippen molar-refractivity contribution in [3.05, 3.63) is 41.0 Å². The molecule has 3 rings (SSSR count). The third kappa shape index (κ3) is 4.46. The Hall–Kier alpha value is -1.64. The highest BCUT2D eigenvalue weighted by molar-refractivity contribution is 9.10. The number of hydrogen-bond acceptors (Lipinski definition) is 6. The highest BCUT2D eigenvalue weighted by Crippen LogP contribution is 2.31. The summed E-state index contributed by atoms with van der Waals surface area (Å²) < 4.78 is 8.28. The molecule has 0 aliphatic rings. The minimum Gasteiger partial charge on any atom is -0.494 e. The first kappa shape index (κ1) is 17.2. The molecule has 0 aliphatic heterocycles. The smallest absolute Gasteiger partial charge is 0.235 e. The molecule has 24 heavy (non-hydrogen) atoms. The molecule has 0 radical (unpaired) electrons. The Morgan fingerprint density at radius 1 is 1.38 bits per heavy atom. The number of pyridine rings is 1. The van der Waals surface area contributed by atoms with E-state index in [0.717, 1.165) is 24.8 Å². The second-order valence-electron chi connectivity index (χ2n) is 4.74. The maximum atomic E-state index is 12.0. The standard InChI is InChI=1S/C16H14BrN3O2S2/c1-2-22-11-4-5-12-13(7-11)24-16(19-12)23-9-15(21)20-14-6-3-10(17)8-18-14/h3-8H,2,9H2,1H3,(H,18,20,21). The van der Waals surface area contributed by atoms with Gasteiger partial charge in [-0.15, -0.1) is 11.3 Å². The van der Waals surface area contributed by atoms with E-state index in [0.29, 0.717) is 12.4 Å². The van der Waals surface area contributed by atoms with Gasteiger partial charge in [0.15, 0.2) is 4.34 Å². The molecule has 0 unspecified atom stereocenters. The molecule has 1 amide bonds. The predicted octanol–water partition coefficient (Wildman–Crippen LogP) is 4.58. The number of thioether (sulfide) groups is 1. The summed E-state index contributed by atoms with van der Waals surface area (Å²) in [5.41, 5.74) is 0.918. The van der Waals surface area contributed by atoms with Gasteiger partial charge in [-0.1, -0.05) is 11.8 Å². The average molecular weight is 424 g/mol. The van der Waals surface area contributed by atoms with E-state index in [-0.39, 0.29) is 11.7 Å². The number of thiazole rings is 1. The molecule has 0 aliphatic carbocycles. The molecule has 2 heterocycles. The zero-order valence-corrected chi connectivity index (χ0v) is 16.0. The number of fused-ring (bicyclic) bond motifs is 1. The molecule has 0 bridgehead atoms. The predicted molar refractivity (Wildman–Crippen MR) is 102 cm³/mol. The number of nitrogens with zero attached hydrogens (tertiary/aromatic N) is 2. The van der Waals surface area contributed by atoms with Crippen molar-refractivity contribution in [3.8, 4) is 5.75 Å². The van der Waals surface area contributed by atoms with Crippen molar-refractivity contribution in [3.63, 3.8) is 0 Å². The summed E-state index contributed by atoms with van der Waals surface area (Å²) in [7, 11) is 0. The lowest BCUT2D eigenvalue weighted by molar-refractivity contribution is -0.113. The summed E-state index contributed by atoms with van der Waals surface area (Å²) in [5.74, 6) is 1.55. The van der Waals surface area contributed by atoms with E-state index in [1.807, 2.05) is 31.2 Å². The average Bonchev–Trinajstić information content (AvgIpc) is 2.98. The third-order valence-electron chi connectivity index (χ3n) is 2.97. The number of benzene rings is 1. The summed E-state index contributed by atoms with van der Waals surface area (Å²) in [6.45, 7) is 2.59. The molecule has 0 saturated carbocycles. The van der Waals surface area contributed by atoms with Crippen molar-refractivity contribution in [2.45, 2.75) is 11.3 Å². The highest BCUT2D eigenvalue weighted by atomic mass is 79.9. The molecule has 0 fully saturated rings. The molecule has 1 N–H and O–H groups in total. The van der Waals surface area contributed by atoms with Gasteiger partial charge >= 0.3 is 0 Å². The van der Waals surface area contributed by atoms with Crippen LogP contribution in [0.3, 0.4) is 0 Å². The van der Waals surface area contributed by atoms with Crippen molar-refractivity contribution in [2.75, 3.05) is 17.7 Å². The summed E-state index contributed by atoms with van der Waals surface area (Å²) in [6.07, 6.45) is 1.65. The van der Waals surface area contributed by atoms with Crippen LogP contribution in [0.5, 0.6) is 5.75 Å². The lowest BCUT2D eigenvalue weighted by atomic mass is 10.3. The fraction of sp³-hybridized carbons (Fsp3) is 0.188. The van der Waals surface area contributed by atoms with E-state index in [1.165, 1.54) is 11.8 Å². The summed E-state index contributed by atoms with van der Waals surface area (Å²) in [5, 5.41) is 2.76. The van der Waals surface area contributed by atoms with E-state index >= 15 is 0 Å². The molecule has 0 saturated heterocycles. The summed E-state index contributed by atoms with van der Waals surface area (Å²) >= 11 is 6.28. The lowest BCUT2D eigenvalue weighted by Crippen LogP contribution is -2.14. The second kappa shape index (κ2) is 7.96. The first-order valence-electron chi connectivity index (χ1n) is 7.21. The van der Waals surface area contributed by atoms with Gasteiger partial charge in [-0.2, -0.15) is 0 Å². The van der Waals surface area contributed by atoms with Gasteiger partial charge in [0.05, 0.1) is 22.6 Å². The SMILES string of the molecule is CCOc1ccc2nc(SCC(=O)Nc3ccc(Br)cn3)sc2c1. The van der Waals surface area contributed by atoms with Crippen LogP contribution in [0.1, 0.15) is 6.92 Å². The number of aromatic nitrogens is 2. The monoisotopic (exact) mass is 423 g/mol. The largest absolute Gasteiger partial charge is 0.494 e. The minimum absolute atomic E-state index is 0.107. The van der Waals surface area contributed by atoms with Gasteiger partial charge < -0.3 is 10.1 Å². The van der Waals surface area contributed by atoms with Gasteiger partial charge in [0.25, 0.3) is 0 Å². The van der Waals surface area contributed by atoms with Crippen molar-refractivity contribution >= 4 is 61.0 Å². The summed E-state index contributed by atoms with van der Waals surface area (Å²) in [6, 6.07) is 9.41. The van der Waals surface area contributed by atoms with Crippen molar-refractivity contribution in [1.29, 1.82) is 0 Å². The Kier molecular flexibility index (Phi) is 5.70. The van der Waals surface area contributed by atoms with E-state index in [1.54, 1.807) is 23.6 Å². The molecular weight excluding hydrogens is 410 g/mol. The molecular formula is C16H14BrN3O2S2. The van der Waals surface area contributed by atoms with Crippen LogP contribution in [0.4, 0.5) is 5.82 Å².